The molecule has 0 fully saturated rings. The average Bonchev–Trinajstić information content (AvgIpc) is 2.96. The molecule has 3 aromatic rings. The average molecular weight is 297 g/mol. The van der Waals surface area contributed by atoms with Gasteiger partial charge in [-0.25, -0.2) is 0 Å². The number of rotatable bonds is 5. The summed E-state index contributed by atoms with van der Waals surface area (Å²) < 4.78 is 5.91. The van der Waals surface area contributed by atoms with Gasteiger partial charge in [0.1, 0.15) is 10.8 Å². The van der Waals surface area contributed by atoms with Crippen molar-refractivity contribution in [3.05, 3.63) is 59.6 Å². The molecule has 0 amide bonds. The molecule has 5 heteroatoms. The minimum absolute atomic E-state index is 0.559. The highest BCUT2D eigenvalue weighted by Crippen LogP contribution is 2.34. The molecule has 1 aromatic heterocycles. The maximum absolute atomic E-state index is 5.91. The highest BCUT2D eigenvalue weighted by molar-refractivity contribution is 7.13. The predicted molar refractivity (Wildman–Crippen MR) is 84.6 cm³/mol. The van der Waals surface area contributed by atoms with E-state index in [-0.39, 0.29) is 0 Å². The van der Waals surface area contributed by atoms with E-state index in [0.717, 1.165) is 21.9 Å². The summed E-state index contributed by atoms with van der Waals surface area (Å²) in [6.45, 7) is 0.696. The van der Waals surface area contributed by atoms with Crippen LogP contribution in [0, 0.1) is 0 Å². The van der Waals surface area contributed by atoms with E-state index in [4.69, 9.17) is 4.74 Å². The van der Waals surface area contributed by atoms with Gasteiger partial charge in [-0.3, -0.25) is 0 Å². The number of hydrogen-bond donors (Lipinski definition) is 1. The Kier molecular flexibility index (Phi) is 4.23. The predicted octanol–water partition coefficient (Wildman–Crippen LogP) is 3.72. The fourth-order valence-electron chi connectivity index (χ4n) is 2.01. The lowest BCUT2D eigenvalue weighted by Gasteiger charge is -2.08. The molecule has 1 heterocycles. The lowest BCUT2D eigenvalue weighted by Crippen LogP contribution is -2.04. The van der Waals surface area contributed by atoms with Crippen LogP contribution in [0.4, 0.5) is 0 Å². The minimum atomic E-state index is 0.559. The van der Waals surface area contributed by atoms with E-state index >= 15 is 0 Å². The first kappa shape index (κ1) is 13.7. The number of nitrogens with one attached hydrogen (secondary N) is 1. The molecule has 2 aromatic carbocycles. The molecule has 0 saturated heterocycles. The standard InChI is InChI=1S/C16H15N3OS/c1-17-11-15-18-19-16(21-15)20-14-10-6-5-9-13(14)12-7-3-2-4-8-12/h2-10,17H,11H2,1H3. The zero-order valence-corrected chi connectivity index (χ0v) is 12.4. The van der Waals surface area contributed by atoms with Crippen molar-refractivity contribution in [1.82, 2.24) is 15.5 Å². The first-order chi connectivity index (χ1) is 10.4. The van der Waals surface area contributed by atoms with Gasteiger partial charge in [0.05, 0.1) is 0 Å². The van der Waals surface area contributed by atoms with Gasteiger partial charge in [0, 0.05) is 12.1 Å². The van der Waals surface area contributed by atoms with Crippen molar-refractivity contribution in [3.8, 4) is 22.1 Å². The third kappa shape index (κ3) is 3.26. The van der Waals surface area contributed by atoms with Crippen molar-refractivity contribution < 1.29 is 4.74 Å². The summed E-state index contributed by atoms with van der Waals surface area (Å²) >= 11 is 1.45. The third-order valence-electron chi connectivity index (χ3n) is 2.95. The topological polar surface area (TPSA) is 47.0 Å². The SMILES string of the molecule is CNCc1nnc(Oc2ccccc2-c2ccccc2)s1. The molecule has 0 aliphatic carbocycles. The fourth-order valence-corrected chi connectivity index (χ4v) is 2.72. The second-order valence-electron chi connectivity index (χ2n) is 4.46. The smallest absolute Gasteiger partial charge is 0.299 e. The quantitative estimate of drug-likeness (QED) is 0.779. The van der Waals surface area contributed by atoms with Gasteiger partial charge in [-0.05, 0) is 18.7 Å². The maximum atomic E-state index is 5.91. The van der Waals surface area contributed by atoms with Crippen LogP contribution in [-0.2, 0) is 6.54 Å². The number of hydrogen-bond acceptors (Lipinski definition) is 5. The summed E-state index contributed by atoms with van der Waals surface area (Å²) in [6, 6.07) is 18.1. The van der Waals surface area contributed by atoms with Gasteiger partial charge in [0.25, 0.3) is 5.19 Å². The van der Waals surface area contributed by atoms with Crippen LogP contribution in [0.15, 0.2) is 54.6 Å². The van der Waals surface area contributed by atoms with Crippen molar-refractivity contribution in [3.63, 3.8) is 0 Å². The van der Waals surface area contributed by atoms with E-state index < -0.39 is 0 Å². The normalized spacial score (nSPS) is 10.5. The molecule has 1 N–H and O–H groups in total. The van der Waals surface area contributed by atoms with Crippen LogP contribution in [-0.4, -0.2) is 17.2 Å². The van der Waals surface area contributed by atoms with Crippen LogP contribution in [0.5, 0.6) is 10.9 Å². The lowest BCUT2D eigenvalue weighted by molar-refractivity contribution is 0.474. The van der Waals surface area contributed by atoms with Gasteiger partial charge < -0.3 is 10.1 Å². The van der Waals surface area contributed by atoms with Gasteiger partial charge in [0.2, 0.25) is 0 Å². The van der Waals surface area contributed by atoms with Crippen molar-refractivity contribution in [1.29, 1.82) is 0 Å². The maximum Gasteiger partial charge on any atom is 0.299 e. The van der Waals surface area contributed by atoms with Crippen molar-refractivity contribution >= 4 is 11.3 Å². The minimum Gasteiger partial charge on any atom is -0.429 e. The number of para-hydroxylation sites is 1. The molecule has 0 unspecified atom stereocenters. The van der Waals surface area contributed by atoms with Crippen LogP contribution in [0.25, 0.3) is 11.1 Å². The van der Waals surface area contributed by atoms with Crippen molar-refractivity contribution in [2.45, 2.75) is 6.54 Å². The van der Waals surface area contributed by atoms with Crippen LogP contribution in [0.2, 0.25) is 0 Å². The molecular formula is C16H15N3OS. The Labute approximate surface area is 127 Å². The van der Waals surface area contributed by atoms with E-state index in [2.05, 4.69) is 27.6 Å². The van der Waals surface area contributed by atoms with Crippen LogP contribution < -0.4 is 10.1 Å². The molecule has 0 spiro atoms. The Balaban J connectivity index is 1.88. The zero-order chi connectivity index (χ0) is 14.5. The van der Waals surface area contributed by atoms with E-state index in [1.807, 2.05) is 49.5 Å². The molecule has 0 saturated carbocycles. The van der Waals surface area contributed by atoms with Crippen molar-refractivity contribution in [2.24, 2.45) is 0 Å². The molecular weight excluding hydrogens is 282 g/mol. The second kappa shape index (κ2) is 6.47. The second-order valence-corrected chi connectivity index (χ2v) is 5.48. The fraction of sp³-hybridized carbons (Fsp3) is 0.125. The summed E-state index contributed by atoms with van der Waals surface area (Å²) in [7, 11) is 1.88. The molecule has 0 atom stereocenters. The molecule has 0 aliphatic heterocycles. The van der Waals surface area contributed by atoms with Crippen LogP contribution in [0.3, 0.4) is 0 Å². The van der Waals surface area contributed by atoms with Gasteiger partial charge in [0.15, 0.2) is 0 Å². The van der Waals surface area contributed by atoms with Crippen LogP contribution >= 0.6 is 11.3 Å². The van der Waals surface area contributed by atoms with Crippen molar-refractivity contribution in [2.75, 3.05) is 7.05 Å². The monoisotopic (exact) mass is 297 g/mol. The number of nitrogens with zero attached hydrogens (tertiary/aromatic N) is 2. The first-order valence-corrected chi connectivity index (χ1v) is 7.48. The Hall–Kier alpha value is -2.24. The molecule has 0 bridgehead atoms. The first-order valence-electron chi connectivity index (χ1n) is 6.66. The Morgan fingerprint density at radius 3 is 2.57 bits per heavy atom. The Morgan fingerprint density at radius 1 is 1.00 bits per heavy atom. The molecule has 4 nitrogen and oxygen atoms in total. The zero-order valence-electron chi connectivity index (χ0n) is 11.6. The Morgan fingerprint density at radius 2 is 1.76 bits per heavy atom. The van der Waals surface area contributed by atoms with E-state index in [0.29, 0.717) is 11.7 Å². The summed E-state index contributed by atoms with van der Waals surface area (Å²) in [5.74, 6) is 0.788. The summed E-state index contributed by atoms with van der Waals surface area (Å²) in [4.78, 5) is 0. The third-order valence-corrected chi connectivity index (χ3v) is 3.75. The summed E-state index contributed by atoms with van der Waals surface area (Å²) in [6.07, 6.45) is 0. The highest BCUT2D eigenvalue weighted by Gasteiger charge is 2.10. The molecule has 106 valence electrons. The van der Waals surface area contributed by atoms with Gasteiger partial charge >= 0.3 is 0 Å². The number of ether oxygens (including phenoxy) is 1. The molecule has 21 heavy (non-hydrogen) atoms. The van der Waals surface area contributed by atoms with Gasteiger partial charge in [-0.15, -0.1) is 5.10 Å². The summed E-state index contributed by atoms with van der Waals surface area (Å²) in [5.41, 5.74) is 2.16. The molecule has 3 rings (SSSR count). The molecule has 0 aliphatic rings. The number of benzene rings is 2. The molecule has 0 radical (unpaired) electrons. The summed E-state index contributed by atoms with van der Waals surface area (Å²) in [5, 5.41) is 12.7. The number of aromatic nitrogens is 2. The highest BCUT2D eigenvalue weighted by atomic mass is 32.1. The van der Waals surface area contributed by atoms with E-state index in [1.54, 1.807) is 0 Å². The van der Waals surface area contributed by atoms with E-state index in [1.165, 1.54) is 11.3 Å². The van der Waals surface area contributed by atoms with Crippen LogP contribution in [0.1, 0.15) is 5.01 Å². The lowest BCUT2D eigenvalue weighted by atomic mass is 10.1. The van der Waals surface area contributed by atoms with Gasteiger partial charge in [-0.1, -0.05) is 65.0 Å². The van der Waals surface area contributed by atoms with E-state index in [9.17, 15) is 0 Å². The largest absolute Gasteiger partial charge is 0.429 e. The Bertz CT molecular complexity index is 712. The van der Waals surface area contributed by atoms with Gasteiger partial charge in [-0.2, -0.15) is 0 Å².